The van der Waals surface area contributed by atoms with Crippen LogP contribution in [-0.2, 0) is 16.1 Å². The molecule has 1 aliphatic rings. The average molecular weight is 428 g/mol. The van der Waals surface area contributed by atoms with Gasteiger partial charge >= 0.3 is 0 Å². The van der Waals surface area contributed by atoms with Gasteiger partial charge in [-0.15, -0.1) is 0 Å². The van der Waals surface area contributed by atoms with Gasteiger partial charge in [-0.25, -0.2) is 4.98 Å². The summed E-state index contributed by atoms with van der Waals surface area (Å²) in [4.78, 5) is 30.5. The lowest BCUT2D eigenvalue weighted by Crippen LogP contribution is -2.29. The van der Waals surface area contributed by atoms with E-state index in [-0.39, 0.29) is 12.1 Å². The van der Waals surface area contributed by atoms with Gasteiger partial charge in [-0.05, 0) is 43.2 Å². The van der Waals surface area contributed by atoms with Crippen molar-refractivity contribution in [3.8, 4) is 5.75 Å². The Balaban J connectivity index is 1.83. The Bertz CT molecular complexity index is 1150. The van der Waals surface area contributed by atoms with Crippen molar-refractivity contribution in [2.45, 2.75) is 26.4 Å². The number of hydrogen-bond donors (Lipinski definition) is 0. The van der Waals surface area contributed by atoms with Crippen LogP contribution in [0.2, 0.25) is 0 Å². The predicted octanol–water partition coefficient (Wildman–Crippen LogP) is 2.63. The van der Waals surface area contributed by atoms with Crippen LogP contribution >= 0.6 is 0 Å². The number of aromatic nitrogens is 1. The molecule has 0 radical (unpaired) electrons. The van der Waals surface area contributed by atoms with Gasteiger partial charge in [-0.3, -0.25) is 9.59 Å². The average Bonchev–Trinajstić information content (AvgIpc) is 3.05. The fourth-order valence-corrected chi connectivity index (χ4v) is 3.88. The lowest BCUT2D eigenvalue weighted by molar-refractivity contribution is -0.378. The quantitative estimate of drug-likeness (QED) is 0.343. The Morgan fingerprint density at radius 1 is 1.06 bits per heavy atom. The lowest BCUT2D eigenvalue weighted by Gasteiger charge is -2.27. The number of hydrogen-bond acceptors (Lipinski definition) is 4. The predicted molar refractivity (Wildman–Crippen MR) is 117 cm³/mol. The number of ether oxygens (including phenoxy) is 1. The molecule has 1 unspecified atom stereocenters. The van der Waals surface area contributed by atoms with Crippen molar-refractivity contribution in [3.05, 3.63) is 101 Å². The van der Waals surface area contributed by atoms with Crippen LogP contribution in [-0.4, -0.2) is 23.2 Å². The Kier molecular flexibility index (Phi) is 6.03. The number of Topliss-reactive ketones (excluding diaryl/α,β-unsaturated/α-hetero) is 1. The molecule has 0 aliphatic carbocycles. The number of nitrogens with one attached hydrogen (secondary N) is 1. The van der Waals surface area contributed by atoms with E-state index < -0.39 is 23.5 Å². The number of rotatable bonds is 6. The molecule has 2 heterocycles. The zero-order chi connectivity index (χ0) is 22.7. The number of nitrogens with zero attached hydrogens (tertiary/aromatic N) is 1. The van der Waals surface area contributed by atoms with E-state index in [1.54, 1.807) is 48.8 Å². The fraction of sp³-hybridized carbons (Fsp3) is 0.192. The zero-order valence-electron chi connectivity index (χ0n) is 18.0. The first-order valence-corrected chi connectivity index (χ1v) is 10.5. The highest BCUT2D eigenvalue weighted by molar-refractivity contribution is 6.46. The molecule has 1 atom stereocenters. The summed E-state index contributed by atoms with van der Waals surface area (Å²) in [6.45, 7) is 4.55. The number of benzene rings is 2. The third kappa shape index (κ3) is 4.12. The number of H-pyrrole nitrogens is 1. The smallest absolute Gasteiger partial charge is 0.295 e. The van der Waals surface area contributed by atoms with E-state index in [2.05, 4.69) is 4.98 Å². The standard InChI is InChI=1S/C26H24N2O4/c1-3-32-21-12-10-19(11-13-21)23-22(24(29)20-8-6-17(2)7-9-20)25(30)26(31)28(23)16-18-5-4-14-27-15-18/h4-15,23,29H,3,16H2,1-2H3/b24-22+. The molecule has 6 heteroatoms. The minimum atomic E-state index is -0.778. The molecule has 3 aromatic rings. The molecule has 162 valence electrons. The molecule has 4 rings (SSSR count). The third-order valence-electron chi connectivity index (χ3n) is 5.47. The van der Waals surface area contributed by atoms with Crippen molar-refractivity contribution in [1.29, 1.82) is 0 Å². The van der Waals surface area contributed by atoms with E-state index in [9.17, 15) is 14.7 Å². The van der Waals surface area contributed by atoms with Gasteiger partial charge in [0, 0.05) is 17.2 Å². The Morgan fingerprint density at radius 2 is 1.78 bits per heavy atom. The number of carbonyl (C=O) groups is 2. The van der Waals surface area contributed by atoms with Gasteiger partial charge in [0.15, 0.2) is 12.4 Å². The highest BCUT2D eigenvalue weighted by atomic mass is 16.5. The van der Waals surface area contributed by atoms with Gasteiger partial charge in [0.05, 0.1) is 19.2 Å². The van der Waals surface area contributed by atoms with Gasteiger partial charge in [-0.1, -0.05) is 47.7 Å². The van der Waals surface area contributed by atoms with Crippen LogP contribution in [0.4, 0.5) is 0 Å². The van der Waals surface area contributed by atoms with Crippen molar-refractivity contribution in [2.24, 2.45) is 0 Å². The van der Waals surface area contributed by atoms with Gasteiger partial charge in [-0.2, -0.15) is 0 Å². The Morgan fingerprint density at radius 3 is 2.41 bits per heavy atom. The normalized spacial score (nSPS) is 17.6. The zero-order valence-corrected chi connectivity index (χ0v) is 18.0. The van der Waals surface area contributed by atoms with Crippen molar-refractivity contribution >= 4 is 17.4 Å². The van der Waals surface area contributed by atoms with Crippen molar-refractivity contribution in [2.75, 3.05) is 6.61 Å². The van der Waals surface area contributed by atoms with Crippen LogP contribution in [0, 0.1) is 6.92 Å². The molecule has 2 aromatic carbocycles. The molecule has 1 N–H and O–H groups in total. The van der Waals surface area contributed by atoms with Crippen LogP contribution in [0.3, 0.4) is 0 Å². The summed E-state index contributed by atoms with van der Waals surface area (Å²) < 4.78 is 5.52. The summed E-state index contributed by atoms with van der Waals surface area (Å²) in [6.07, 6.45) is 3.54. The summed E-state index contributed by atoms with van der Waals surface area (Å²) >= 11 is 0. The van der Waals surface area contributed by atoms with Crippen LogP contribution in [0.25, 0.3) is 5.76 Å². The molecular formula is C26H24N2O4. The molecule has 32 heavy (non-hydrogen) atoms. The van der Waals surface area contributed by atoms with E-state index in [1.165, 1.54) is 4.90 Å². The highest BCUT2D eigenvalue weighted by Crippen LogP contribution is 2.40. The monoisotopic (exact) mass is 428 g/mol. The molecule has 1 aromatic heterocycles. The third-order valence-corrected chi connectivity index (χ3v) is 5.47. The topological polar surface area (TPSA) is 83.8 Å². The summed E-state index contributed by atoms with van der Waals surface area (Å²) in [5, 5.41) is 13.4. The lowest BCUT2D eigenvalue weighted by atomic mass is 9.95. The number of aromatic amines is 1. The fourth-order valence-electron chi connectivity index (χ4n) is 3.88. The van der Waals surface area contributed by atoms with Crippen LogP contribution < -0.4 is 14.8 Å². The summed E-state index contributed by atoms with van der Waals surface area (Å²) in [5.41, 5.74) is 2.88. The molecular weight excluding hydrogens is 404 g/mol. The van der Waals surface area contributed by atoms with E-state index in [0.717, 1.165) is 11.1 Å². The first-order valence-electron chi connectivity index (χ1n) is 10.5. The van der Waals surface area contributed by atoms with Crippen LogP contribution in [0.1, 0.15) is 35.2 Å². The molecule has 0 spiro atoms. The first-order chi connectivity index (χ1) is 15.5. The van der Waals surface area contributed by atoms with Gasteiger partial charge in [0.25, 0.3) is 5.91 Å². The molecule has 1 fully saturated rings. The summed E-state index contributed by atoms with van der Waals surface area (Å²) in [5.74, 6) is -1.18. The van der Waals surface area contributed by atoms with Gasteiger partial charge < -0.3 is 14.7 Å². The van der Waals surface area contributed by atoms with Crippen LogP contribution in [0.5, 0.6) is 5.75 Å². The molecule has 1 saturated heterocycles. The van der Waals surface area contributed by atoms with Gasteiger partial charge in [0.1, 0.15) is 5.75 Å². The van der Waals surface area contributed by atoms with E-state index in [1.807, 2.05) is 38.1 Å². The molecule has 0 saturated carbocycles. The number of aryl methyl sites for hydroxylation is 1. The minimum Gasteiger partial charge on any atom is -0.872 e. The van der Waals surface area contributed by atoms with Crippen molar-refractivity contribution < 1.29 is 24.4 Å². The van der Waals surface area contributed by atoms with E-state index in [0.29, 0.717) is 23.5 Å². The maximum Gasteiger partial charge on any atom is 0.295 e. The second-order valence-electron chi connectivity index (χ2n) is 7.69. The number of carbonyl (C=O) groups excluding carboxylic acids is 2. The number of likely N-dealkylation sites (tertiary alicyclic amines) is 1. The molecule has 6 nitrogen and oxygen atoms in total. The second-order valence-corrected chi connectivity index (χ2v) is 7.69. The number of amides is 1. The molecule has 0 bridgehead atoms. The van der Waals surface area contributed by atoms with Crippen molar-refractivity contribution in [1.82, 2.24) is 4.90 Å². The molecule has 1 amide bonds. The first kappa shape index (κ1) is 21.3. The maximum absolute atomic E-state index is 13.4. The highest BCUT2D eigenvalue weighted by Gasteiger charge is 2.44. The summed E-state index contributed by atoms with van der Waals surface area (Å²) in [6, 6.07) is 17.1. The van der Waals surface area contributed by atoms with E-state index in [4.69, 9.17) is 4.74 Å². The SMILES string of the molecule is CCOc1ccc(C2/C(=C(\[O-])c3ccc(C)cc3)C(=O)C(=O)N2Cc2ccc[nH+]c2)cc1. The summed E-state index contributed by atoms with van der Waals surface area (Å²) in [7, 11) is 0. The maximum atomic E-state index is 13.4. The number of pyridine rings is 1. The van der Waals surface area contributed by atoms with Crippen LogP contribution in [0.15, 0.2) is 78.6 Å². The molecule has 1 aliphatic heterocycles. The van der Waals surface area contributed by atoms with E-state index >= 15 is 0 Å². The van der Waals surface area contributed by atoms with Crippen molar-refractivity contribution in [3.63, 3.8) is 0 Å². The number of ketones is 1. The Labute approximate surface area is 186 Å². The Hall–Kier alpha value is -3.93. The largest absolute Gasteiger partial charge is 0.872 e. The minimum absolute atomic E-state index is 0.0251. The second kappa shape index (κ2) is 9.06. The van der Waals surface area contributed by atoms with Gasteiger partial charge in [0.2, 0.25) is 5.78 Å².